The number of amides is 2. The third-order valence-corrected chi connectivity index (χ3v) is 11.5. The third kappa shape index (κ3) is 12.2. The molecule has 67 heavy (non-hydrogen) atoms. The van der Waals surface area contributed by atoms with Gasteiger partial charge in [0.05, 0.1) is 29.5 Å². The van der Waals surface area contributed by atoms with Gasteiger partial charge >= 0.3 is 35.6 Å². The number of thiocarbonyl (C=S) groups is 1. The van der Waals surface area contributed by atoms with Gasteiger partial charge in [-0.2, -0.15) is 5.26 Å². The van der Waals surface area contributed by atoms with Gasteiger partial charge in [-0.15, -0.1) is 0 Å². The lowest BCUT2D eigenvalue weighted by atomic mass is 9.92. The summed E-state index contributed by atoms with van der Waals surface area (Å²) in [5.74, 6) is -3.67. The number of fused-ring (bicyclic) bond motifs is 1. The van der Waals surface area contributed by atoms with Crippen LogP contribution < -0.4 is 9.64 Å². The number of likely N-dealkylation sites (tertiary alicyclic amines) is 1. The van der Waals surface area contributed by atoms with E-state index in [0.29, 0.717) is 29.9 Å². The van der Waals surface area contributed by atoms with E-state index in [-0.39, 0.29) is 60.8 Å². The monoisotopic (exact) mass is 953 g/mol. The number of hydrogen-bond donors (Lipinski definition) is 0. The number of anilines is 1. The Kier molecular flexibility index (Phi) is 16.9. The van der Waals surface area contributed by atoms with Crippen molar-refractivity contribution in [3.05, 3.63) is 52.5 Å². The van der Waals surface area contributed by atoms with E-state index < -0.39 is 70.9 Å². The average Bonchev–Trinajstić information content (AvgIpc) is 3.72. The molecular weight excluding hydrogens is 903 g/mol. The number of ether oxygens (including phenoxy) is 7. The molecule has 0 bridgehead atoms. The number of esters is 4. The van der Waals surface area contributed by atoms with Gasteiger partial charge in [0.1, 0.15) is 25.2 Å². The van der Waals surface area contributed by atoms with Gasteiger partial charge < -0.3 is 52.8 Å². The number of likely N-dealkylation sites (N-methyl/N-ethyl adjacent to an activating group) is 3. The Hall–Kier alpha value is -7.20. The number of methoxy groups -OCH3 is 1. The van der Waals surface area contributed by atoms with Gasteiger partial charge in [0.2, 0.25) is 18.3 Å². The van der Waals surface area contributed by atoms with Gasteiger partial charge in [-0.05, 0) is 42.3 Å². The molecule has 2 amide bonds. The molecule has 2 aromatic heterocycles. The summed E-state index contributed by atoms with van der Waals surface area (Å²) in [6.07, 6.45) is -5.13. The van der Waals surface area contributed by atoms with Crippen LogP contribution in [0.5, 0.6) is 5.75 Å². The van der Waals surface area contributed by atoms with Crippen molar-refractivity contribution < 1.29 is 66.8 Å². The highest BCUT2D eigenvalue weighted by atomic mass is 32.1. The highest BCUT2D eigenvalue weighted by Gasteiger charge is 2.56. The quantitative estimate of drug-likeness (QED) is 0.0695. The number of nitro benzene ring substituents is 1. The first-order chi connectivity index (χ1) is 31.7. The summed E-state index contributed by atoms with van der Waals surface area (Å²) in [6.45, 7) is 6.31. The van der Waals surface area contributed by atoms with Crippen molar-refractivity contribution in [2.45, 2.75) is 83.9 Å². The number of hydrogen-bond acceptors (Lipinski definition) is 20. The van der Waals surface area contributed by atoms with E-state index in [0.717, 1.165) is 40.4 Å². The van der Waals surface area contributed by atoms with Crippen molar-refractivity contribution in [2.24, 2.45) is 5.92 Å². The van der Waals surface area contributed by atoms with Crippen molar-refractivity contribution in [3.63, 3.8) is 0 Å². The maximum Gasteiger partial charge on any atom is 0.339 e. The fourth-order valence-electron chi connectivity index (χ4n) is 7.61. The van der Waals surface area contributed by atoms with Gasteiger partial charge in [-0.25, -0.2) is 19.6 Å². The molecule has 3 aromatic rings. The van der Waals surface area contributed by atoms with Crippen LogP contribution in [0, 0.1) is 27.4 Å². The van der Waals surface area contributed by atoms with Crippen LogP contribution in [0.2, 0.25) is 0 Å². The van der Waals surface area contributed by atoms with Crippen molar-refractivity contribution in [3.8, 4) is 11.8 Å². The molecule has 2 fully saturated rings. The number of nitrogens with zero attached hydrogens (tertiary/aromatic N) is 9. The van der Waals surface area contributed by atoms with Crippen LogP contribution in [0.3, 0.4) is 0 Å². The number of aromatic nitrogens is 3. The van der Waals surface area contributed by atoms with E-state index in [9.17, 15) is 38.9 Å². The molecule has 25 heteroatoms. The number of rotatable bonds is 15. The standard InChI is InChI=1S/C42H51N9O15S/c1-23-12-15-49(32(55)11-14-43)20-30(23)48(7)37-28-13-16-50(38(28)45-22-44-37)41(57)46(5)17-18-47(6)42(67)61-21-27-9-10-31(29(19-27)51(58)59)65-40-36(64-26(4)54)34(63-25(3)53)33(62-24(2)52)35(66-40)39(56)60-8/h9-10,13,16,19,22-23,30,33-36,40H,11-12,15,17-18,20-21H2,1-8H3/t23-,30+,33+,34+,35+,36-,40-/m1/s1. The van der Waals surface area contributed by atoms with Crippen LogP contribution in [0.15, 0.2) is 36.8 Å². The first-order valence-electron chi connectivity index (χ1n) is 20.8. The van der Waals surface area contributed by atoms with Crippen LogP contribution in [0.25, 0.3) is 11.0 Å². The van der Waals surface area contributed by atoms with Crippen molar-refractivity contribution in [2.75, 3.05) is 59.3 Å². The maximum atomic E-state index is 13.7. The molecule has 24 nitrogen and oxygen atoms in total. The van der Waals surface area contributed by atoms with Crippen LogP contribution in [-0.2, 0) is 59.0 Å². The SMILES string of the molecule is COC(=O)[C@H]1O[C@@H](Oc2ccc(COC(=S)N(C)CCN(C)C(=O)n3ccc4c(N(C)[C@H]5CN(C(=O)CC#N)CC[C@H]5C)ncnc43)cc2[N+](=O)[O-])[C@H](OC(C)=O)[C@@H](OC(C)=O)[C@@H]1OC(C)=O. The Morgan fingerprint density at radius 3 is 2.27 bits per heavy atom. The molecule has 0 radical (unpaired) electrons. The van der Waals surface area contributed by atoms with Crippen LogP contribution in [-0.4, -0.2) is 166 Å². The Morgan fingerprint density at radius 1 is 0.970 bits per heavy atom. The minimum atomic E-state index is -1.84. The zero-order valence-electron chi connectivity index (χ0n) is 38.0. The Morgan fingerprint density at radius 2 is 1.63 bits per heavy atom. The molecule has 0 spiro atoms. The number of nitro groups is 1. The van der Waals surface area contributed by atoms with Gasteiger partial charge in [-0.1, -0.05) is 13.0 Å². The summed E-state index contributed by atoms with van der Waals surface area (Å²) in [5, 5.41) is 22.0. The molecule has 0 aliphatic carbocycles. The summed E-state index contributed by atoms with van der Waals surface area (Å²) >= 11 is 5.47. The summed E-state index contributed by atoms with van der Waals surface area (Å²) in [5.41, 5.74) is 0.0524. The molecule has 1 aromatic carbocycles. The molecule has 2 aliphatic heterocycles. The van der Waals surface area contributed by atoms with Crippen LogP contribution in [0.1, 0.15) is 46.1 Å². The maximum absolute atomic E-state index is 13.7. The Bertz CT molecular complexity index is 2430. The van der Waals surface area contributed by atoms with E-state index in [1.54, 1.807) is 36.2 Å². The van der Waals surface area contributed by atoms with E-state index >= 15 is 0 Å². The van der Waals surface area contributed by atoms with Gasteiger partial charge in [-0.3, -0.25) is 33.9 Å². The second-order valence-electron chi connectivity index (χ2n) is 15.8. The summed E-state index contributed by atoms with van der Waals surface area (Å²) in [7, 11) is 6.14. The Labute approximate surface area is 389 Å². The minimum absolute atomic E-state index is 0.00743. The third-order valence-electron chi connectivity index (χ3n) is 11.1. The first kappa shape index (κ1) is 50.8. The predicted molar refractivity (Wildman–Crippen MR) is 235 cm³/mol. The number of carbonyl (C=O) groups is 6. The molecule has 2 aliphatic rings. The minimum Gasteiger partial charge on any atom is -0.467 e. The van der Waals surface area contributed by atoms with Gasteiger partial charge in [0, 0.05) is 80.4 Å². The van der Waals surface area contributed by atoms with E-state index in [1.807, 2.05) is 18.0 Å². The van der Waals surface area contributed by atoms with E-state index in [2.05, 4.69) is 16.9 Å². The van der Waals surface area contributed by atoms with Gasteiger partial charge in [0.15, 0.2) is 29.7 Å². The number of carbonyl (C=O) groups excluding carboxylic acids is 6. The summed E-state index contributed by atoms with van der Waals surface area (Å²) < 4.78 is 39.4. The van der Waals surface area contributed by atoms with E-state index in [4.69, 9.17) is 50.6 Å². The molecule has 2 saturated heterocycles. The fourth-order valence-corrected chi connectivity index (χ4v) is 7.76. The van der Waals surface area contributed by atoms with Crippen LogP contribution in [0.4, 0.5) is 16.3 Å². The van der Waals surface area contributed by atoms with Gasteiger partial charge in [0.25, 0.3) is 5.17 Å². The molecule has 0 unspecified atom stereocenters. The largest absolute Gasteiger partial charge is 0.467 e. The van der Waals surface area contributed by atoms with E-state index in [1.165, 1.54) is 27.9 Å². The Balaban J connectivity index is 1.23. The number of benzene rings is 1. The normalized spacial score (nSPS) is 21.2. The number of nitriles is 1. The lowest BCUT2D eigenvalue weighted by molar-refractivity contribution is -0.387. The molecule has 0 saturated carbocycles. The molecule has 5 rings (SSSR count). The topological polar surface area (TPSA) is 278 Å². The molecule has 360 valence electrons. The van der Waals surface area contributed by atoms with Crippen LogP contribution >= 0.6 is 12.2 Å². The molecule has 4 heterocycles. The van der Waals surface area contributed by atoms with Crippen molar-refractivity contribution >= 4 is 75.7 Å². The zero-order valence-corrected chi connectivity index (χ0v) is 38.8. The zero-order chi connectivity index (χ0) is 49.3. The second-order valence-corrected chi connectivity index (χ2v) is 16.1. The molecule has 7 atom stereocenters. The lowest BCUT2D eigenvalue weighted by Crippen LogP contribution is -2.64. The second kappa shape index (κ2) is 22.3. The van der Waals surface area contributed by atoms with Crippen molar-refractivity contribution in [1.82, 2.24) is 29.2 Å². The predicted octanol–water partition coefficient (Wildman–Crippen LogP) is 2.33. The van der Waals surface area contributed by atoms with Crippen molar-refractivity contribution in [1.29, 1.82) is 5.26 Å². The lowest BCUT2D eigenvalue weighted by Gasteiger charge is -2.42. The highest BCUT2D eigenvalue weighted by molar-refractivity contribution is 7.80. The summed E-state index contributed by atoms with van der Waals surface area (Å²) in [6, 6.07) is 6.95. The smallest absolute Gasteiger partial charge is 0.339 e. The highest BCUT2D eigenvalue weighted by Crippen LogP contribution is 2.36. The summed E-state index contributed by atoms with van der Waals surface area (Å²) in [4.78, 5) is 103. The number of piperidine rings is 1. The molecule has 0 N–H and O–H groups in total. The molecular formula is C42H51N9O15S. The average molecular weight is 954 g/mol. The fraction of sp³-hybridized carbons (Fsp3) is 0.524. The first-order valence-corrected chi connectivity index (χ1v) is 21.2.